The third-order valence-corrected chi connectivity index (χ3v) is 6.14. The van der Waals surface area contributed by atoms with Crippen molar-refractivity contribution in [3.8, 4) is 5.75 Å². The third-order valence-electron chi connectivity index (χ3n) is 4.95. The van der Waals surface area contributed by atoms with Gasteiger partial charge in [0.15, 0.2) is 5.17 Å². The predicted molar refractivity (Wildman–Crippen MR) is 128 cm³/mol. The standard InChI is InChI=1S/C25H23N3O3S/c1-31-21-14-12-20(13-15-21)27-25-28(17-18-8-4-2-5-9-18)23(29)16-22(32-25)24(30)26-19-10-6-3-7-11-19/h2-15,22H,16-17H2,1H3,(H,26,30)/t22-/m1/s1. The number of aliphatic imine (C=N–C) groups is 1. The van der Waals surface area contributed by atoms with Crippen LogP contribution in [-0.4, -0.2) is 34.2 Å². The molecule has 4 rings (SSSR count). The summed E-state index contributed by atoms with van der Waals surface area (Å²) in [5.41, 5.74) is 2.38. The number of methoxy groups -OCH3 is 1. The van der Waals surface area contributed by atoms with E-state index < -0.39 is 5.25 Å². The van der Waals surface area contributed by atoms with Crippen molar-refractivity contribution in [2.45, 2.75) is 18.2 Å². The van der Waals surface area contributed by atoms with Crippen molar-refractivity contribution in [1.82, 2.24) is 4.90 Å². The molecule has 3 aromatic carbocycles. The minimum Gasteiger partial charge on any atom is -0.497 e. The molecule has 0 spiro atoms. The highest BCUT2D eigenvalue weighted by Crippen LogP contribution is 2.31. The van der Waals surface area contributed by atoms with Crippen LogP contribution in [0.25, 0.3) is 0 Å². The molecule has 0 bridgehead atoms. The van der Waals surface area contributed by atoms with Crippen LogP contribution in [0.2, 0.25) is 0 Å². The molecule has 1 saturated heterocycles. The number of nitrogens with one attached hydrogen (secondary N) is 1. The average molecular weight is 446 g/mol. The Morgan fingerprint density at radius 3 is 2.34 bits per heavy atom. The van der Waals surface area contributed by atoms with E-state index in [4.69, 9.17) is 9.73 Å². The molecule has 0 unspecified atom stereocenters. The highest BCUT2D eigenvalue weighted by atomic mass is 32.2. The molecule has 3 aromatic rings. The number of anilines is 1. The zero-order valence-electron chi connectivity index (χ0n) is 17.6. The molecule has 2 amide bonds. The van der Waals surface area contributed by atoms with Crippen LogP contribution < -0.4 is 10.1 Å². The number of hydrogen-bond acceptors (Lipinski definition) is 5. The Morgan fingerprint density at radius 1 is 1.03 bits per heavy atom. The van der Waals surface area contributed by atoms with Gasteiger partial charge in [-0.25, -0.2) is 4.99 Å². The summed E-state index contributed by atoms with van der Waals surface area (Å²) in [6.07, 6.45) is 0.109. The molecule has 0 aromatic heterocycles. The minimum atomic E-state index is -0.563. The molecule has 1 fully saturated rings. The molecule has 6 nitrogen and oxygen atoms in total. The lowest BCUT2D eigenvalue weighted by atomic mass is 10.2. The van der Waals surface area contributed by atoms with Crippen molar-refractivity contribution in [3.63, 3.8) is 0 Å². The second kappa shape index (κ2) is 10.2. The number of rotatable bonds is 6. The van der Waals surface area contributed by atoms with E-state index >= 15 is 0 Å². The molecule has 0 radical (unpaired) electrons. The number of ether oxygens (including phenoxy) is 1. The van der Waals surface area contributed by atoms with Gasteiger partial charge in [0, 0.05) is 12.1 Å². The van der Waals surface area contributed by atoms with Crippen LogP contribution >= 0.6 is 11.8 Å². The number of hydrogen-bond donors (Lipinski definition) is 1. The quantitative estimate of drug-likeness (QED) is 0.588. The molecule has 162 valence electrons. The van der Waals surface area contributed by atoms with Crippen molar-refractivity contribution in [2.24, 2.45) is 4.99 Å². The molecule has 1 heterocycles. The highest BCUT2D eigenvalue weighted by Gasteiger charge is 2.36. The highest BCUT2D eigenvalue weighted by molar-refractivity contribution is 8.15. The summed E-state index contributed by atoms with van der Waals surface area (Å²) in [4.78, 5) is 32.3. The first-order chi connectivity index (χ1) is 15.6. The summed E-state index contributed by atoms with van der Waals surface area (Å²) in [5, 5.41) is 2.83. The number of amidine groups is 1. The van der Waals surface area contributed by atoms with Gasteiger partial charge in [-0.05, 0) is 42.0 Å². The van der Waals surface area contributed by atoms with Gasteiger partial charge in [0.1, 0.15) is 11.0 Å². The van der Waals surface area contributed by atoms with Crippen molar-refractivity contribution >= 4 is 40.1 Å². The van der Waals surface area contributed by atoms with Gasteiger partial charge in [0.2, 0.25) is 11.8 Å². The van der Waals surface area contributed by atoms with Gasteiger partial charge in [-0.2, -0.15) is 0 Å². The number of para-hydroxylation sites is 1. The molecule has 0 saturated carbocycles. The van der Waals surface area contributed by atoms with Gasteiger partial charge >= 0.3 is 0 Å². The third kappa shape index (κ3) is 5.36. The predicted octanol–water partition coefficient (Wildman–Crippen LogP) is 4.86. The first kappa shape index (κ1) is 21.6. The number of amides is 2. The van der Waals surface area contributed by atoms with E-state index in [1.165, 1.54) is 11.8 Å². The first-order valence-electron chi connectivity index (χ1n) is 10.2. The molecule has 32 heavy (non-hydrogen) atoms. The van der Waals surface area contributed by atoms with E-state index in [9.17, 15) is 9.59 Å². The zero-order chi connectivity index (χ0) is 22.3. The van der Waals surface area contributed by atoms with Gasteiger partial charge in [-0.1, -0.05) is 60.3 Å². The van der Waals surface area contributed by atoms with E-state index in [0.29, 0.717) is 23.1 Å². The van der Waals surface area contributed by atoms with Crippen LogP contribution in [0.4, 0.5) is 11.4 Å². The fraction of sp³-hybridized carbons (Fsp3) is 0.160. The molecule has 1 aliphatic rings. The maximum atomic E-state index is 13.1. The van der Waals surface area contributed by atoms with Crippen LogP contribution in [-0.2, 0) is 16.1 Å². The fourth-order valence-electron chi connectivity index (χ4n) is 3.27. The topological polar surface area (TPSA) is 71.0 Å². The Morgan fingerprint density at radius 2 is 1.69 bits per heavy atom. The van der Waals surface area contributed by atoms with Crippen LogP contribution in [0.3, 0.4) is 0 Å². The Kier molecular flexibility index (Phi) is 6.87. The van der Waals surface area contributed by atoms with Crippen molar-refractivity contribution in [3.05, 3.63) is 90.5 Å². The van der Waals surface area contributed by atoms with Crippen LogP contribution in [0, 0.1) is 0 Å². The van der Waals surface area contributed by atoms with Gasteiger partial charge < -0.3 is 10.1 Å². The number of thioether (sulfide) groups is 1. The number of benzene rings is 3. The van der Waals surface area contributed by atoms with E-state index in [1.54, 1.807) is 12.0 Å². The number of carbonyl (C=O) groups is 2. The van der Waals surface area contributed by atoms with Crippen LogP contribution in [0.1, 0.15) is 12.0 Å². The smallest absolute Gasteiger partial charge is 0.238 e. The van der Waals surface area contributed by atoms with Crippen LogP contribution in [0.5, 0.6) is 5.75 Å². The Hall–Kier alpha value is -3.58. The summed E-state index contributed by atoms with van der Waals surface area (Å²) >= 11 is 1.31. The van der Waals surface area contributed by atoms with Crippen LogP contribution in [0.15, 0.2) is 89.9 Å². The fourth-order valence-corrected chi connectivity index (χ4v) is 4.37. The molecule has 1 aliphatic heterocycles. The first-order valence-corrected chi connectivity index (χ1v) is 11.1. The minimum absolute atomic E-state index is 0.109. The normalized spacial score (nSPS) is 17.3. The Labute approximate surface area is 191 Å². The lowest BCUT2D eigenvalue weighted by Gasteiger charge is -2.32. The molecule has 0 aliphatic carbocycles. The summed E-state index contributed by atoms with van der Waals surface area (Å²) < 4.78 is 5.21. The molecule has 1 atom stereocenters. The molecule has 1 N–H and O–H groups in total. The van der Waals surface area contributed by atoms with E-state index in [1.807, 2.05) is 84.9 Å². The lowest BCUT2D eigenvalue weighted by Crippen LogP contribution is -2.44. The second-order valence-corrected chi connectivity index (χ2v) is 8.39. The van der Waals surface area contributed by atoms with Gasteiger partial charge in [0.25, 0.3) is 0 Å². The van der Waals surface area contributed by atoms with Crippen molar-refractivity contribution in [2.75, 3.05) is 12.4 Å². The second-order valence-electron chi connectivity index (χ2n) is 7.22. The Bertz CT molecular complexity index is 1100. The van der Waals surface area contributed by atoms with Gasteiger partial charge in [-0.15, -0.1) is 0 Å². The molecular weight excluding hydrogens is 422 g/mol. The van der Waals surface area contributed by atoms with Crippen molar-refractivity contribution in [1.29, 1.82) is 0 Å². The number of nitrogens with zero attached hydrogens (tertiary/aromatic N) is 2. The van der Waals surface area contributed by atoms with Gasteiger partial charge in [-0.3, -0.25) is 14.5 Å². The monoisotopic (exact) mass is 445 g/mol. The van der Waals surface area contributed by atoms with Gasteiger partial charge in [0.05, 0.1) is 19.3 Å². The molecule has 7 heteroatoms. The number of carbonyl (C=O) groups excluding carboxylic acids is 2. The summed E-state index contributed by atoms with van der Waals surface area (Å²) in [6, 6.07) is 26.3. The average Bonchev–Trinajstić information content (AvgIpc) is 2.83. The summed E-state index contributed by atoms with van der Waals surface area (Å²) in [6.45, 7) is 0.398. The summed E-state index contributed by atoms with van der Waals surface area (Å²) in [5.74, 6) is 0.381. The van der Waals surface area contributed by atoms with Crippen molar-refractivity contribution < 1.29 is 14.3 Å². The SMILES string of the molecule is COc1ccc(N=C2S[C@@H](C(=O)Nc3ccccc3)CC(=O)N2Cc2ccccc2)cc1. The van der Waals surface area contributed by atoms with E-state index in [-0.39, 0.29) is 18.2 Å². The lowest BCUT2D eigenvalue weighted by molar-refractivity contribution is -0.129. The largest absolute Gasteiger partial charge is 0.497 e. The van der Waals surface area contributed by atoms with E-state index in [2.05, 4.69) is 5.32 Å². The zero-order valence-corrected chi connectivity index (χ0v) is 18.4. The maximum absolute atomic E-state index is 13.1. The Balaban J connectivity index is 1.60. The molecular formula is C25H23N3O3S. The summed E-state index contributed by atoms with van der Waals surface area (Å²) in [7, 11) is 1.61. The van der Waals surface area contributed by atoms with E-state index in [0.717, 1.165) is 11.3 Å². The maximum Gasteiger partial charge on any atom is 0.238 e.